The van der Waals surface area contributed by atoms with E-state index in [2.05, 4.69) is 5.92 Å². The lowest BCUT2D eigenvalue weighted by molar-refractivity contribution is -0.141. The summed E-state index contributed by atoms with van der Waals surface area (Å²) in [5, 5.41) is 8.48. The van der Waals surface area contributed by atoms with Gasteiger partial charge >= 0.3 is 5.97 Å². The van der Waals surface area contributed by atoms with Gasteiger partial charge in [-0.1, -0.05) is 12.8 Å². The Labute approximate surface area is 89.2 Å². The number of carbonyl (C=O) groups is 2. The van der Waals surface area contributed by atoms with Crippen molar-refractivity contribution >= 4 is 11.9 Å². The number of carboxylic acid groups (broad SMARTS) is 1. The Bertz CT molecular complexity index is 270. The quantitative estimate of drug-likeness (QED) is 0.590. The van der Waals surface area contributed by atoms with E-state index in [1.54, 1.807) is 0 Å². The maximum absolute atomic E-state index is 11.6. The summed E-state index contributed by atoms with van der Waals surface area (Å²) in [5.74, 6) is 0.849. The smallest absolute Gasteiger partial charge is 0.305 e. The Morgan fingerprint density at radius 3 is 2.60 bits per heavy atom. The highest BCUT2D eigenvalue weighted by Gasteiger charge is 2.21. The van der Waals surface area contributed by atoms with Crippen LogP contribution >= 0.6 is 0 Å². The van der Waals surface area contributed by atoms with Gasteiger partial charge in [-0.15, -0.1) is 6.42 Å². The standard InChI is InChI=1S/C10H16N2O3/c1-3-5-12(6-4-2)10(15)8(11)7-9(13)14/h1,8H,4-7,11H2,2H3,(H,13,14). The van der Waals surface area contributed by atoms with Gasteiger partial charge in [-0.05, 0) is 6.42 Å². The van der Waals surface area contributed by atoms with Crippen LogP contribution in [-0.4, -0.2) is 41.0 Å². The summed E-state index contributed by atoms with van der Waals surface area (Å²) in [6.45, 7) is 2.57. The number of nitrogens with zero attached hydrogens (tertiary/aromatic N) is 1. The summed E-state index contributed by atoms with van der Waals surface area (Å²) in [6.07, 6.45) is 5.48. The minimum absolute atomic E-state index is 0.167. The lowest BCUT2D eigenvalue weighted by Crippen LogP contribution is -2.45. The average molecular weight is 212 g/mol. The first-order valence-electron chi connectivity index (χ1n) is 4.72. The Hall–Kier alpha value is -1.54. The van der Waals surface area contributed by atoms with Crippen molar-refractivity contribution in [2.75, 3.05) is 13.1 Å². The first-order chi connectivity index (χ1) is 7.02. The number of hydrogen-bond donors (Lipinski definition) is 2. The highest BCUT2D eigenvalue weighted by Crippen LogP contribution is 1.98. The minimum Gasteiger partial charge on any atom is -0.481 e. The van der Waals surface area contributed by atoms with Gasteiger partial charge in [-0.3, -0.25) is 9.59 Å². The van der Waals surface area contributed by atoms with Crippen LogP contribution in [0.25, 0.3) is 0 Å². The van der Waals surface area contributed by atoms with Crippen LogP contribution in [0.5, 0.6) is 0 Å². The predicted molar refractivity (Wildman–Crippen MR) is 55.9 cm³/mol. The third-order valence-electron chi connectivity index (χ3n) is 1.80. The molecule has 0 aliphatic carbocycles. The number of rotatable bonds is 6. The van der Waals surface area contributed by atoms with Crippen LogP contribution in [0.1, 0.15) is 19.8 Å². The molecule has 0 bridgehead atoms. The molecular formula is C10H16N2O3. The van der Waals surface area contributed by atoms with Crippen LogP contribution in [-0.2, 0) is 9.59 Å². The molecule has 0 heterocycles. The molecule has 84 valence electrons. The van der Waals surface area contributed by atoms with Gasteiger partial charge in [0.25, 0.3) is 0 Å². The summed E-state index contributed by atoms with van der Waals surface area (Å²) in [4.78, 5) is 23.4. The molecule has 0 aromatic heterocycles. The molecule has 5 nitrogen and oxygen atoms in total. The fourth-order valence-electron chi connectivity index (χ4n) is 1.16. The van der Waals surface area contributed by atoms with E-state index in [0.29, 0.717) is 6.54 Å². The van der Waals surface area contributed by atoms with E-state index in [4.69, 9.17) is 17.3 Å². The van der Waals surface area contributed by atoms with E-state index in [9.17, 15) is 9.59 Å². The van der Waals surface area contributed by atoms with Gasteiger partial charge in [-0.2, -0.15) is 0 Å². The number of terminal acetylenes is 1. The molecule has 0 aliphatic heterocycles. The van der Waals surface area contributed by atoms with Crippen LogP contribution < -0.4 is 5.73 Å². The van der Waals surface area contributed by atoms with Gasteiger partial charge in [0.05, 0.1) is 19.0 Å². The van der Waals surface area contributed by atoms with E-state index >= 15 is 0 Å². The molecule has 0 rings (SSSR count). The van der Waals surface area contributed by atoms with E-state index in [-0.39, 0.29) is 13.0 Å². The minimum atomic E-state index is -1.09. The van der Waals surface area contributed by atoms with Crippen molar-refractivity contribution in [2.45, 2.75) is 25.8 Å². The van der Waals surface area contributed by atoms with Gasteiger partial charge in [0, 0.05) is 6.54 Å². The molecule has 3 N–H and O–H groups in total. The normalized spacial score (nSPS) is 11.5. The summed E-state index contributed by atoms with van der Waals surface area (Å²) in [5.41, 5.74) is 5.44. The zero-order valence-electron chi connectivity index (χ0n) is 8.77. The number of amides is 1. The summed E-state index contributed by atoms with van der Waals surface area (Å²) >= 11 is 0. The Morgan fingerprint density at radius 1 is 1.60 bits per heavy atom. The number of carbonyl (C=O) groups excluding carboxylic acids is 1. The Morgan fingerprint density at radius 2 is 2.20 bits per heavy atom. The van der Waals surface area contributed by atoms with Crippen LogP contribution in [0.4, 0.5) is 0 Å². The van der Waals surface area contributed by atoms with Crippen molar-refractivity contribution in [3.8, 4) is 12.3 Å². The van der Waals surface area contributed by atoms with Crippen molar-refractivity contribution in [2.24, 2.45) is 5.73 Å². The molecule has 1 amide bonds. The SMILES string of the molecule is C#CCN(CCC)C(=O)C(N)CC(=O)O. The Balaban J connectivity index is 4.35. The molecule has 1 atom stereocenters. The third kappa shape index (κ3) is 5.03. The van der Waals surface area contributed by atoms with Gasteiger partial charge in [0.2, 0.25) is 5.91 Å². The molecule has 0 saturated heterocycles. The number of hydrogen-bond acceptors (Lipinski definition) is 3. The molecule has 1 unspecified atom stereocenters. The first-order valence-corrected chi connectivity index (χ1v) is 4.72. The second kappa shape index (κ2) is 6.85. The summed E-state index contributed by atoms with van der Waals surface area (Å²) in [6, 6.07) is -1.01. The third-order valence-corrected chi connectivity index (χ3v) is 1.80. The fraction of sp³-hybridized carbons (Fsp3) is 0.600. The van der Waals surface area contributed by atoms with Crippen molar-refractivity contribution in [3.05, 3.63) is 0 Å². The number of carboxylic acids is 1. The molecule has 0 saturated carbocycles. The van der Waals surface area contributed by atoms with Crippen LogP contribution in [0.3, 0.4) is 0 Å². The molecule has 0 fully saturated rings. The van der Waals surface area contributed by atoms with Crippen molar-refractivity contribution in [1.29, 1.82) is 0 Å². The molecule has 0 aromatic carbocycles. The zero-order chi connectivity index (χ0) is 11.8. The van der Waals surface area contributed by atoms with E-state index in [1.165, 1.54) is 4.90 Å². The van der Waals surface area contributed by atoms with Crippen LogP contribution in [0, 0.1) is 12.3 Å². The Kier molecular flexibility index (Phi) is 6.14. The fourth-order valence-corrected chi connectivity index (χ4v) is 1.16. The van der Waals surface area contributed by atoms with E-state index in [1.807, 2.05) is 6.92 Å². The maximum Gasteiger partial charge on any atom is 0.305 e. The van der Waals surface area contributed by atoms with Crippen molar-refractivity contribution in [1.82, 2.24) is 4.90 Å². The molecule has 15 heavy (non-hydrogen) atoms. The van der Waals surface area contributed by atoms with Crippen LogP contribution in [0.15, 0.2) is 0 Å². The molecular weight excluding hydrogens is 196 g/mol. The van der Waals surface area contributed by atoms with E-state index < -0.39 is 17.9 Å². The lowest BCUT2D eigenvalue weighted by Gasteiger charge is -2.22. The number of aliphatic carboxylic acids is 1. The molecule has 0 radical (unpaired) electrons. The van der Waals surface area contributed by atoms with Gasteiger partial charge in [0.15, 0.2) is 0 Å². The topological polar surface area (TPSA) is 83.6 Å². The molecule has 0 aliphatic rings. The highest BCUT2D eigenvalue weighted by molar-refractivity contribution is 5.86. The largest absolute Gasteiger partial charge is 0.481 e. The zero-order valence-corrected chi connectivity index (χ0v) is 8.77. The van der Waals surface area contributed by atoms with Crippen molar-refractivity contribution in [3.63, 3.8) is 0 Å². The monoisotopic (exact) mass is 212 g/mol. The average Bonchev–Trinajstić information content (AvgIpc) is 2.15. The highest BCUT2D eigenvalue weighted by atomic mass is 16.4. The summed E-state index contributed by atoms with van der Waals surface area (Å²) in [7, 11) is 0. The molecule has 0 spiro atoms. The molecule has 5 heteroatoms. The predicted octanol–water partition coefficient (Wildman–Crippen LogP) is -0.340. The molecule has 0 aromatic rings. The van der Waals surface area contributed by atoms with Gasteiger partial charge in [-0.25, -0.2) is 0 Å². The second-order valence-electron chi connectivity index (χ2n) is 3.17. The van der Waals surface area contributed by atoms with Crippen molar-refractivity contribution < 1.29 is 14.7 Å². The van der Waals surface area contributed by atoms with E-state index in [0.717, 1.165) is 6.42 Å². The van der Waals surface area contributed by atoms with Gasteiger partial charge in [0.1, 0.15) is 0 Å². The van der Waals surface area contributed by atoms with Crippen LogP contribution in [0.2, 0.25) is 0 Å². The first kappa shape index (κ1) is 13.5. The second-order valence-corrected chi connectivity index (χ2v) is 3.17. The van der Waals surface area contributed by atoms with Gasteiger partial charge < -0.3 is 15.7 Å². The summed E-state index contributed by atoms with van der Waals surface area (Å²) < 4.78 is 0. The number of nitrogens with two attached hydrogens (primary N) is 1. The lowest BCUT2D eigenvalue weighted by atomic mass is 10.2. The maximum atomic E-state index is 11.6.